The Morgan fingerprint density at radius 3 is 2.10 bits per heavy atom. The van der Waals surface area contributed by atoms with Gasteiger partial charge in [-0.25, -0.2) is 4.79 Å². The molecule has 1 aromatic carbocycles. The van der Waals surface area contributed by atoms with Crippen LogP contribution in [-0.4, -0.2) is 51.2 Å². The van der Waals surface area contributed by atoms with Crippen molar-refractivity contribution in [2.75, 3.05) is 14.1 Å². The molecule has 2 heterocycles. The number of nitro groups is 1. The van der Waals surface area contributed by atoms with Crippen molar-refractivity contribution >= 4 is 29.6 Å². The molecule has 1 saturated heterocycles. The Kier molecular flexibility index (Phi) is 4.83. The number of benzene rings is 1. The maximum atomic E-state index is 12.4. The minimum Gasteiger partial charge on any atom is -0.318 e. The number of carbonyl (C=O) groups excluding carboxylic acids is 3. The van der Waals surface area contributed by atoms with Crippen LogP contribution < -0.4 is 0 Å². The zero-order chi connectivity index (χ0) is 21.6. The van der Waals surface area contributed by atoms with Crippen molar-refractivity contribution in [1.82, 2.24) is 14.4 Å². The lowest BCUT2D eigenvalue weighted by molar-refractivity contribution is -0.385. The lowest BCUT2D eigenvalue weighted by Gasteiger charge is -2.28. The second kappa shape index (κ2) is 7.01. The van der Waals surface area contributed by atoms with Gasteiger partial charge in [-0.2, -0.15) is 0 Å². The summed E-state index contributed by atoms with van der Waals surface area (Å²) in [7, 11) is 2.63. The van der Waals surface area contributed by atoms with E-state index in [9.17, 15) is 24.5 Å². The first-order chi connectivity index (χ1) is 13.5. The maximum absolute atomic E-state index is 12.4. The molecule has 150 valence electrons. The maximum Gasteiger partial charge on any atom is 0.333 e. The summed E-state index contributed by atoms with van der Waals surface area (Å²) in [5.41, 5.74) is 3.14. The van der Waals surface area contributed by atoms with Crippen LogP contribution in [0.4, 0.5) is 10.5 Å². The SMILES string of the molecule is Cc1ccc(-n2c(C)cc(C=C3C(=O)N(C)C(=O)N(C)C3=O)c2C)cc1[N+](=O)[O-]. The van der Waals surface area contributed by atoms with Gasteiger partial charge in [-0.1, -0.05) is 6.07 Å². The Bertz CT molecular complexity index is 1090. The number of amides is 4. The van der Waals surface area contributed by atoms with Crippen molar-refractivity contribution in [2.24, 2.45) is 0 Å². The Hall–Kier alpha value is -3.75. The van der Waals surface area contributed by atoms with Gasteiger partial charge >= 0.3 is 6.03 Å². The van der Waals surface area contributed by atoms with Gasteiger partial charge in [0.05, 0.1) is 10.6 Å². The minimum atomic E-state index is -0.686. The summed E-state index contributed by atoms with van der Waals surface area (Å²) in [5, 5.41) is 11.3. The number of urea groups is 1. The normalized spacial score (nSPS) is 14.7. The van der Waals surface area contributed by atoms with Crippen LogP contribution in [0.25, 0.3) is 11.8 Å². The molecule has 1 aromatic heterocycles. The van der Waals surface area contributed by atoms with Crippen molar-refractivity contribution in [3.05, 3.63) is 62.5 Å². The third kappa shape index (κ3) is 3.20. The zero-order valence-corrected chi connectivity index (χ0v) is 16.7. The molecule has 0 atom stereocenters. The first kappa shape index (κ1) is 20.0. The van der Waals surface area contributed by atoms with E-state index in [1.165, 1.54) is 26.2 Å². The number of aryl methyl sites for hydroxylation is 2. The van der Waals surface area contributed by atoms with Gasteiger partial charge in [-0.3, -0.25) is 29.5 Å². The molecule has 1 aliphatic rings. The van der Waals surface area contributed by atoms with Gasteiger partial charge in [0.1, 0.15) is 5.57 Å². The molecule has 2 aromatic rings. The van der Waals surface area contributed by atoms with Gasteiger partial charge in [0.25, 0.3) is 17.5 Å². The van der Waals surface area contributed by atoms with Gasteiger partial charge in [-0.05, 0) is 44.5 Å². The van der Waals surface area contributed by atoms with E-state index in [1.54, 1.807) is 32.0 Å². The summed E-state index contributed by atoms with van der Waals surface area (Å²) in [4.78, 5) is 49.4. The number of aromatic nitrogens is 1. The Morgan fingerprint density at radius 2 is 1.55 bits per heavy atom. The summed E-state index contributed by atoms with van der Waals surface area (Å²) in [6.07, 6.45) is 1.45. The van der Waals surface area contributed by atoms with Crippen molar-refractivity contribution in [3.63, 3.8) is 0 Å². The van der Waals surface area contributed by atoms with Gasteiger partial charge < -0.3 is 4.57 Å². The van der Waals surface area contributed by atoms with Gasteiger partial charge in [0.15, 0.2) is 0 Å². The number of hydrogen-bond donors (Lipinski definition) is 0. The van der Waals surface area contributed by atoms with Crippen LogP contribution >= 0.6 is 0 Å². The number of barbiturate groups is 1. The monoisotopic (exact) mass is 396 g/mol. The lowest BCUT2D eigenvalue weighted by Crippen LogP contribution is -2.52. The van der Waals surface area contributed by atoms with Gasteiger partial charge in [0, 0.05) is 37.1 Å². The van der Waals surface area contributed by atoms with E-state index in [0.717, 1.165) is 15.5 Å². The highest BCUT2D eigenvalue weighted by Gasteiger charge is 2.38. The summed E-state index contributed by atoms with van der Waals surface area (Å²) >= 11 is 0. The number of rotatable bonds is 3. The molecule has 29 heavy (non-hydrogen) atoms. The van der Waals surface area contributed by atoms with Gasteiger partial charge in [0.2, 0.25) is 0 Å². The highest BCUT2D eigenvalue weighted by atomic mass is 16.6. The minimum absolute atomic E-state index is 0.00861. The molecule has 9 heteroatoms. The molecule has 1 aliphatic heterocycles. The van der Waals surface area contributed by atoms with Crippen LogP contribution in [0.15, 0.2) is 29.8 Å². The van der Waals surface area contributed by atoms with E-state index < -0.39 is 22.8 Å². The molecule has 1 fully saturated rings. The molecule has 0 bridgehead atoms. The van der Waals surface area contributed by atoms with E-state index >= 15 is 0 Å². The molecule has 3 rings (SSSR count). The molecule has 0 saturated carbocycles. The van der Waals surface area contributed by atoms with Crippen LogP contribution in [0.2, 0.25) is 0 Å². The first-order valence-electron chi connectivity index (χ1n) is 8.80. The average Bonchev–Trinajstić information content (AvgIpc) is 2.95. The number of imide groups is 2. The molecular weight excluding hydrogens is 376 g/mol. The Morgan fingerprint density at radius 1 is 0.966 bits per heavy atom. The molecule has 0 radical (unpaired) electrons. The van der Waals surface area contributed by atoms with Gasteiger partial charge in [-0.15, -0.1) is 0 Å². The predicted molar refractivity (Wildman–Crippen MR) is 106 cm³/mol. The molecule has 0 unspecified atom stereocenters. The fraction of sp³-hybridized carbons (Fsp3) is 0.250. The quantitative estimate of drug-likeness (QED) is 0.343. The summed E-state index contributed by atoms with van der Waals surface area (Å²) in [5.74, 6) is -1.34. The number of nitro benzene ring substituents is 1. The van der Waals surface area contributed by atoms with Crippen LogP contribution in [0, 0.1) is 30.9 Å². The predicted octanol–water partition coefficient (Wildman–Crippen LogP) is 2.74. The zero-order valence-electron chi connectivity index (χ0n) is 16.7. The topological polar surface area (TPSA) is 106 Å². The summed E-state index contributed by atoms with van der Waals surface area (Å²) < 4.78 is 1.81. The van der Waals surface area contributed by atoms with Crippen molar-refractivity contribution in [3.8, 4) is 5.69 Å². The van der Waals surface area contributed by atoms with Crippen LogP contribution in [-0.2, 0) is 9.59 Å². The largest absolute Gasteiger partial charge is 0.333 e. The van der Waals surface area contributed by atoms with E-state index in [4.69, 9.17) is 0 Å². The number of nitrogens with zero attached hydrogens (tertiary/aromatic N) is 4. The molecule has 0 N–H and O–H groups in total. The Labute approximate surface area is 167 Å². The fourth-order valence-corrected chi connectivity index (χ4v) is 3.40. The van der Waals surface area contributed by atoms with E-state index in [0.29, 0.717) is 22.5 Å². The smallest absolute Gasteiger partial charge is 0.318 e. The number of hydrogen-bond acceptors (Lipinski definition) is 5. The first-order valence-corrected chi connectivity index (χ1v) is 8.80. The standard InChI is InChI=1S/C20H20N4O5/c1-11-6-7-15(10-17(11)24(28)29)23-12(2)8-14(13(23)3)9-16-18(25)21(4)20(27)22(5)19(16)26/h6-10H,1-5H3. The second-order valence-corrected chi connectivity index (χ2v) is 6.96. The van der Waals surface area contributed by atoms with Crippen molar-refractivity contribution in [2.45, 2.75) is 20.8 Å². The van der Waals surface area contributed by atoms with E-state index in [2.05, 4.69) is 0 Å². The number of carbonyl (C=O) groups is 3. The van der Waals surface area contributed by atoms with E-state index in [1.807, 2.05) is 11.5 Å². The molecule has 0 spiro atoms. The summed E-state index contributed by atoms with van der Waals surface area (Å²) in [6.45, 7) is 5.29. The van der Waals surface area contributed by atoms with Crippen LogP contribution in [0.1, 0.15) is 22.5 Å². The highest BCUT2D eigenvalue weighted by Crippen LogP contribution is 2.28. The van der Waals surface area contributed by atoms with Crippen molar-refractivity contribution < 1.29 is 19.3 Å². The Balaban J connectivity index is 2.12. The average molecular weight is 396 g/mol. The summed E-state index contributed by atoms with van der Waals surface area (Å²) in [6, 6.07) is 6.04. The highest BCUT2D eigenvalue weighted by molar-refractivity contribution is 6.30. The molecule has 4 amide bonds. The molecular formula is C20H20N4O5. The number of likely N-dealkylation sites (N-methyl/N-ethyl adjacent to an activating group) is 2. The third-order valence-corrected chi connectivity index (χ3v) is 5.06. The van der Waals surface area contributed by atoms with Crippen LogP contribution in [0.5, 0.6) is 0 Å². The van der Waals surface area contributed by atoms with Crippen LogP contribution in [0.3, 0.4) is 0 Å². The second-order valence-electron chi connectivity index (χ2n) is 6.96. The fourth-order valence-electron chi connectivity index (χ4n) is 3.40. The van der Waals surface area contributed by atoms with Crippen molar-refractivity contribution in [1.29, 1.82) is 0 Å². The molecule has 0 aliphatic carbocycles. The molecule has 9 nitrogen and oxygen atoms in total. The lowest BCUT2D eigenvalue weighted by atomic mass is 10.1. The van der Waals surface area contributed by atoms with E-state index in [-0.39, 0.29) is 11.3 Å². The third-order valence-electron chi connectivity index (χ3n) is 5.06.